The number of nitrogens with zero attached hydrogens (tertiary/aromatic N) is 3. The fraction of sp³-hybridized carbons (Fsp3) is 0.562. The second kappa shape index (κ2) is 6.45. The van der Waals surface area contributed by atoms with E-state index in [9.17, 15) is 0 Å². The molecule has 0 radical (unpaired) electrons. The molecular weight excluding hydrogens is 266 g/mol. The van der Waals surface area contributed by atoms with E-state index in [1.54, 1.807) is 0 Å². The minimum atomic E-state index is 0.249. The summed E-state index contributed by atoms with van der Waals surface area (Å²) in [5.41, 5.74) is 2.96. The summed E-state index contributed by atoms with van der Waals surface area (Å²) in [7, 11) is 0. The van der Waals surface area contributed by atoms with E-state index in [0.29, 0.717) is 0 Å². The Hall–Kier alpha value is -1.59. The molecule has 3 rings (SSSR count). The van der Waals surface area contributed by atoms with E-state index in [-0.39, 0.29) is 6.10 Å². The predicted molar refractivity (Wildman–Crippen MR) is 83.4 cm³/mol. The summed E-state index contributed by atoms with van der Waals surface area (Å²) >= 11 is 0. The van der Waals surface area contributed by atoms with Crippen LogP contribution in [-0.4, -0.2) is 61.3 Å². The van der Waals surface area contributed by atoms with E-state index in [1.807, 2.05) is 18.2 Å². The number of hydrogen-bond acceptors (Lipinski definition) is 5. The minimum absolute atomic E-state index is 0.249. The Morgan fingerprint density at radius 3 is 3.00 bits per heavy atom. The number of rotatable bonds is 3. The van der Waals surface area contributed by atoms with Gasteiger partial charge in [-0.15, -0.1) is 0 Å². The van der Waals surface area contributed by atoms with Crippen LogP contribution in [0, 0.1) is 0 Å². The Bertz CT molecular complexity index is 518. The lowest BCUT2D eigenvalue weighted by atomic mass is 9.99. The summed E-state index contributed by atoms with van der Waals surface area (Å²) in [4.78, 5) is 4.79. The number of hydrogen-bond donors (Lipinski definition) is 1. The van der Waals surface area contributed by atoms with Gasteiger partial charge in [-0.25, -0.2) is 0 Å². The monoisotopic (exact) mass is 289 g/mol. The topological polar surface area (TPSA) is 48.3 Å². The third-order valence-corrected chi connectivity index (χ3v) is 4.39. The summed E-state index contributed by atoms with van der Waals surface area (Å²) < 4.78 is 5.92. The molecule has 0 spiro atoms. The molecule has 1 atom stereocenters. The molecule has 1 saturated heterocycles. The van der Waals surface area contributed by atoms with Crippen molar-refractivity contribution in [2.45, 2.75) is 19.4 Å². The van der Waals surface area contributed by atoms with Crippen LogP contribution in [0.25, 0.3) is 0 Å². The maximum Gasteiger partial charge on any atom is 0.0906 e. The van der Waals surface area contributed by atoms with Crippen molar-refractivity contribution in [3.63, 3.8) is 0 Å². The van der Waals surface area contributed by atoms with E-state index in [1.165, 1.54) is 0 Å². The highest BCUT2D eigenvalue weighted by Gasteiger charge is 2.26. The Morgan fingerprint density at radius 2 is 2.19 bits per heavy atom. The van der Waals surface area contributed by atoms with Gasteiger partial charge in [0.15, 0.2) is 0 Å². The number of oxime groups is 1. The maximum absolute atomic E-state index is 9.15. The Labute approximate surface area is 125 Å². The number of para-hydroxylation sites is 1. The zero-order valence-electron chi connectivity index (χ0n) is 12.5. The molecule has 2 aliphatic rings. The van der Waals surface area contributed by atoms with Gasteiger partial charge >= 0.3 is 0 Å². The minimum Gasteiger partial charge on any atom is -0.411 e. The molecule has 2 heterocycles. The van der Waals surface area contributed by atoms with Crippen LogP contribution >= 0.6 is 0 Å². The number of fused-ring (bicyclic) bond motifs is 1. The maximum atomic E-state index is 9.15. The molecule has 5 nitrogen and oxygen atoms in total. The fourth-order valence-corrected chi connectivity index (χ4v) is 3.21. The first-order valence-corrected chi connectivity index (χ1v) is 7.71. The van der Waals surface area contributed by atoms with E-state index in [0.717, 1.165) is 62.7 Å². The number of morpholine rings is 1. The van der Waals surface area contributed by atoms with Crippen molar-refractivity contribution in [2.24, 2.45) is 5.16 Å². The van der Waals surface area contributed by atoms with Crippen molar-refractivity contribution < 1.29 is 9.94 Å². The van der Waals surface area contributed by atoms with Crippen molar-refractivity contribution >= 4 is 11.4 Å². The van der Waals surface area contributed by atoms with Gasteiger partial charge in [0.25, 0.3) is 0 Å². The van der Waals surface area contributed by atoms with Crippen LogP contribution in [-0.2, 0) is 4.74 Å². The van der Waals surface area contributed by atoms with Crippen molar-refractivity contribution in [3.05, 3.63) is 29.8 Å². The zero-order chi connectivity index (χ0) is 14.7. The van der Waals surface area contributed by atoms with Crippen LogP contribution in [0.5, 0.6) is 0 Å². The molecule has 1 fully saturated rings. The number of anilines is 1. The second-order valence-electron chi connectivity index (χ2n) is 5.65. The number of likely N-dealkylation sites (N-methyl/N-ethyl adjacent to an activating group) is 1. The number of benzene rings is 1. The van der Waals surface area contributed by atoms with Crippen molar-refractivity contribution in [1.29, 1.82) is 0 Å². The van der Waals surface area contributed by atoms with Gasteiger partial charge in [-0.2, -0.15) is 0 Å². The van der Waals surface area contributed by atoms with Gasteiger partial charge < -0.3 is 14.8 Å². The van der Waals surface area contributed by atoms with Crippen LogP contribution in [0.15, 0.2) is 29.4 Å². The first-order valence-electron chi connectivity index (χ1n) is 7.71. The quantitative estimate of drug-likeness (QED) is 0.681. The molecule has 0 amide bonds. The highest BCUT2D eigenvalue weighted by Crippen LogP contribution is 2.27. The summed E-state index contributed by atoms with van der Waals surface area (Å²) in [6.45, 7) is 7.90. The average molecular weight is 289 g/mol. The first kappa shape index (κ1) is 14.4. The van der Waals surface area contributed by atoms with Crippen LogP contribution in [0.4, 0.5) is 5.69 Å². The molecule has 114 valence electrons. The van der Waals surface area contributed by atoms with Gasteiger partial charge in [-0.05, 0) is 12.6 Å². The van der Waals surface area contributed by atoms with Crippen LogP contribution in [0.3, 0.4) is 0 Å². The van der Waals surface area contributed by atoms with E-state index in [2.05, 4.69) is 27.9 Å². The third kappa shape index (κ3) is 3.04. The molecule has 2 aliphatic heterocycles. The van der Waals surface area contributed by atoms with E-state index >= 15 is 0 Å². The van der Waals surface area contributed by atoms with Crippen LogP contribution < -0.4 is 4.90 Å². The van der Waals surface area contributed by atoms with E-state index < -0.39 is 0 Å². The Balaban J connectivity index is 1.74. The lowest BCUT2D eigenvalue weighted by Crippen LogP contribution is -2.48. The van der Waals surface area contributed by atoms with Crippen molar-refractivity contribution in [1.82, 2.24) is 4.90 Å². The lowest BCUT2D eigenvalue weighted by molar-refractivity contribution is -0.0220. The molecule has 0 aliphatic carbocycles. The normalized spacial score (nSPS) is 25.1. The van der Waals surface area contributed by atoms with E-state index in [4.69, 9.17) is 9.94 Å². The highest BCUT2D eigenvalue weighted by molar-refractivity contribution is 6.06. The smallest absolute Gasteiger partial charge is 0.0906 e. The summed E-state index contributed by atoms with van der Waals surface area (Å²) in [6.07, 6.45) is 1.02. The highest BCUT2D eigenvalue weighted by atomic mass is 16.5. The first-order chi connectivity index (χ1) is 10.3. The van der Waals surface area contributed by atoms with Gasteiger partial charge in [-0.1, -0.05) is 30.3 Å². The standard InChI is InChI=1S/C16H23N3O2/c1-2-18-9-10-21-13(11-18)12-19-8-7-15(17-20)14-5-3-4-6-16(14)19/h3-6,13,20H,2,7-12H2,1H3. The van der Waals surface area contributed by atoms with Crippen molar-refractivity contribution in [3.8, 4) is 0 Å². The lowest BCUT2D eigenvalue weighted by Gasteiger charge is -2.38. The van der Waals surface area contributed by atoms with Gasteiger partial charge in [0.1, 0.15) is 0 Å². The second-order valence-corrected chi connectivity index (χ2v) is 5.65. The summed E-state index contributed by atoms with van der Waals surface area (Å²) in [5.74, 6) is 0. The largest absolute Gasteiger partial charge is 0.411 e. The van der Waals surface area contributed by atoms with Crippen molar-refractivity contribution in [2.75, 3.05) is 44.2 Å². The fourth-order valence-electron chi connectivity index (χ4n) is 3.21. The summed E-state index contributed by atoms with van der Waals surface area (Å²) in [6, 6.07) is 8.15. The molecule has 5 heteroatoms. The van der Waals surface area contributed by atoms with Gasteiger partial charge in [-0.3, -0.25) is 4.90 Å². The molecule has 1 N–H and O–H groups in total. The van der Waals surface area contributed by atoms with Crippen LogP contribution in [0.2, 0.25) is 0 Å². The summed E-state index contributed by atoms with van der Waals surface area (Å²) in [5, 5.41) is 12.6. The third-order valence-electron chi connectivity index (χ3n) is 4.39. The molecule has 1 aromatic carbocycles. The predicted octanol–water partition coefficient (Wildman–Crippen LogP) is 1.80. The molecule has 0 aromatic heterocycles. The van der Waals surface area contributed by atoms with Gasteiger partial charge in [0.05, 0.1) is 18.4 Å². The molecule has 21 heavy (non-hydrogen) atoms. The zero-order valence-corrected chi connectivity index (χ0v) is 12.5. The number of ether oxygens (including phenoxy) is 1. The molecule has 0 saturated carbocycles. The van der Waals surface area contributed by atoms with Gasteiger partial charge in [0.2, 0.25) is 0 Å². The molecular formula is C16H23N3O2. The Morgan fingerprint density at radius 1 is 1.33 bits per heavy atom. The Kier molecular flexibility index (Phi) is 4.41. The van der Waals surface area contributed by atoms with Crippen LogP contribution in [0.1, 0.15) is 18.9 Å². The SMILES string of the molecule is CCN1CCOC(CN2CCC(=NO)c3ccccc32)C1. The molecule has 0 bridgehead atoms. The van der Waals surface area contributed by atoms with Gasteiger partial charge in [0, 0.05) is 43.9 Å². The average Bonchev–Trinajstić information content (AvgIpc) is 2.55. The molecule has 1 unspecified atom stereocenters. The molecule has 1 aromatic rings.